The summed E-state index contributed by atoms with van der Waals surface area (Å²) in [5.74, 6) is 0.753. The van der Waals surface area contributed by atoms with Crippen LogP contribution < -0.4 is 15.4 Å². The SMILES string of the molecule is COc1ccc(CNC(=O)CNC2(CO)CCCC2)cc1. The largest absolute Gasteiger partial charge is 0.497 e. The average Bonchev–Trinajstić information content (AvgIpc) is 3.01. The van der Waals surface area contributed by atoms with Crippen molar-refractivity contribution in [3.05, 3.63) is 29.8 Å². The summed E-state index contributed by atoms with van der Waals surface area (Å²) in [5, 5.41) is 15.6. The smallest absolute Gasteiger partial charge is 0.234 e. The number of nitrogens with one attached hydrogen (secondary N) is 2. The minimum atomic E-state index is -0.253. The molecule has 0 unspecified atom stereocenters. The number of benzene rings is 1. The Balaban J connectivity index is 1.74. The fourth-order valence-corrected chi connectivity index (χ4v) is 2.72. The molecule has 1 amide bonds. The minimum absolute atomic E-state index is 0.0504. The lowest BCUT2D eigenvalue weighted by Gasteiger charge is -2.27. The summed E-state index contributed by atoms with van der Waals surface area (Å²) in [7, 11) is 1.63. The van der Waals surface area contributed by atoms with Crippen LogP contribution in [0.4, 0.5) is 0 Å². The second kappa shape index (κ2) is 7.43. The zero-order chi connectivity index (χ0) is 15.1. The Labute approximate surface area is 125 Å². The second-order valence-electron chi connectivity index (χ2n) is 5.62. The van der Waals surface area contributed by atoms with Gasteiger partial charge in [0.05, 0.1) is 20.3 Å². The predicted molar refractivity (Wildman–Crippen MR) is 81.1 cm³/mol. The number of hydrogen-bond donors (Lipinski definition) is 3. The maximum Gasteiger partial charge on any atom is 0.234 e. The third kappa shape index (κ3) is 4.44. The highest BCUT2D eigenvalue weighted by atomic mass is 16.5. The molecule has 0 heterocycles. The van der Waals surface area contributed by atoms with Gasteiger partial charge in [0.2, 0.25) is 5.91 Å². The predicted octanol–water partition coefficient (Wildman–Crippen LogP) is 1.21. The summed E-state index contributed by atoms with van der Waals surface area (Å²) in [6.07, 6.45) is 4.10. The van der Waals surface area contributed by atoms with Gasteiger partial charge in [-0.05, 0) is 30.5 Å². The summed E-state index contributed by atoms with van der Waals surface area (Å²) in [4.78, 5) is 11.9. The second-order valence-corrected chi connectivity index (χ2v) is 5.62. The van der Waals surface area contributed by atoms with Crippen molar-refractivity contribution in [2.24, 2.45) is 0 Å². The van der Waals surface area contributed by atoms with Crippen LogP contribution in [-0.2, 0) is 11.3 Å². The van der Waals surface area contributed by atoms with Crippen LogP contribution in [0.3, 0.4) is 0 Å². The molecule has 0 aromatic heterocycles. The molecule has 1 fully saturated rings. The van der Waals surface area contributed by atoms with Gasteiger partial charge in [-0.1, -0.05) is 25.0 Å². The quantitative estimate of drug-likeness (QED) is 0.706. The third-order valence-corrected chi connectivity index (χ3v) is 4.14. The normalized spacial score (nSPS) is 16.7. The molecule has 1 aliphatic rings. The van der Waals surface area contributed by atoms with Crippen molar-refractivity contribution < 1.29 is 14.6 Å². The molecule has 0 spiro atoms. The Kier molecular flexibility index (Phi) is 5.59. The number of aliphatic hydroxyl groups excluding tert-OH is 1. The fourth-order valence-electron chi connectivity index (χ4n) is 2.72. The van der Waals surface area contributed by atoms with Crippen molar-refractivity contribution in [3.63, 3.8) is 0 Å². The number of ether oxygens (including phenoxy) is 1. The molecule has 0 radical (unpaired) electrons. The highest BCUT2D eigenvalue weighted by Gasteiger charge is 2.32. The molecule has 0 atom stereocenters. The Hall–Kier alpha value is -1.59. The van der Waals surface area contributed by atoms with Gasteiger partial charge in [-0.3, -0.25) is 4.79 Å². The number of amides is 1. The Morgan fingerprint density at radius 3 is 2.52 bits per heavy atom. The summed E-state index contributed by atoms with van der Waals surface area (Å²) in [6.45, 7) is 0.839. The van der Waals surface area contributed by atoms with E-state index in [0.717, 1.165) is 37.0 Å². The van der Waals surface area contributed by atoms with Crippen LogP contribution in [-0.4, -0.2) is 36.8 Å². The Morgan fingerprint density at radius 1 is 1.29 bits per heavy atom. The van der Waals surface area contributed by atoms with Gasteiger partial charge in [0, 0.05) is 12.1 Å². The first kappa shape index (κ1) is 15.8. The van der Waals surface area contributed by atoms with Crippen LogP contribution in [0, 0.1) is 0 Å². The highest BCUT2D eigenvalue weighted by Crippen LogP contribution is 2.28. The van der Waals surface area contributed by atoms with Crippen molar-refractivity contribution in [2.75, 3.05) is 20.3 Å². The van der Waals surface area contributed by atoms with E-state index in [1.54, 1.807) is 7.11 Å². The molecule has 5 heteroatoms. The van der Waals surface area contributed by atoms with Crippen molar-refractivity contribution in [3.8, 4) is 5.75 Å². The summed E-state index contributed by atoms with van der Waals surface area (Å²) >= 11 is 0. The maximum absolute atomic E-state index is 11.9. The van der Waals surface area contributed by atoms with E-state index in [4.69, 9.17) is 4.74 Å². The lowest BCUT2D eigenvalue weighted by atomic mass is 9.99. The van der Waals surface area contributed by atoms with Crippen LogP contribution in [0.15, 0.2) is 24.3 Å². The van der Waals surface area contributed by atoms with E-state index in [-0.39, 0.29) is 24.6 Å². The summed E-state index contributed by atoms with van der Waals surface area (Å²) in [5.41, 5.74) is 0.777. The molecule has 1 saturated carbocycles. The lowest BCUT2D eigenvalue weighted by molar-refractivity contribution is -0.120. The van der Waals surface area contributed by atoms with E-state index in [1.807, 2.05) is 24.3 Å². The van der Waals surface area contributed by atoms with E-state index in [9.17, 15) is 9.90 Å². The number of carbonyl (C=O) groups is 1. The number of carbonyl (C=O) groups excluding carboxylic acids is 1. The van der Waals surface area contributed by atoms with Gasteiger partial charge in [-0.25, -0.2) is 0 Å². The third-order valence-electron chi connectivity index (χ3n) is 4.14. The lowest BCUT2D eigenvalue weighted by Crippen LogP contribution is -2.50. The summed E-state index contributed by atoms with van der Waals surface area (Å²) < 4.78 is 5.09. The molecule has 1 aromatic carbocycles. The molecule has 1 aliphatic carbocycles. The number of methoxy groups -OCH3 is 1. The number of hydrogen-bond acceptors (Lipinski definition) is 4. The van der Waals surface area contributed by atoms with E-state index < -0.39 is 0 Å². The van der Waals surface area contributed by atoms with Gasteiger partial charge in [0.15, 0.2) is 0 Å². The molecular formula is C16H24N2O3. The fraction of sp³-hybridized carbons (Fsp3) is 0.562. The van der Waals surface area contributed by atoms with Crippen LogP contribution in [0.25, 0.3) is 0 Å². The first-order valence-electron chi connectivity index (χ1n) is 7.43. The molecule has 0 bridgehead atoms. The van der Waals surface area contributed by atoms with E-state index in [2.05, 4.69) is 10.6 Å². The van der Waals surface area contributed by atoms with Crippen molar-refractivity contribution in [1.82, 2.24) is 10.6 Å². The molecule has 3 N–H and O–H groups in total. The molecule has 1 aromatic rings. The standard InChI is InChI=1S/C16H24N2O3/c1-21-14-6-4-13(5-7-14)10-17-15(20)11-18-16(12-19)8-2-3-9-16/h4-7,18-19H,2-3,8-12H2,1H3,(H,17,20). The van der Waals surface area contributed by atoms with Gasteiger partial charge >= 0.3 is 0 Å². The number of aliphatic hydroxyl groups is 1. The minimum Gasteiger partial charge on any atom is -0.497 e. The van der Waals surface area contributed by atoms with Gasteiger partial charge < -0.3 is 20.5 Å². The van der Waals surface area contributed by atoms with Crippen LogP contribution >= 0.6 is 0 Å². The average molecular weight is 292 g/mol. The van der Waals surface area contributed by atoms with E-state index >= 15 is 0 Å². The first-order valence-corrected chi connectivity index (χ1v) is 7.43. The molecular weight excluding hydrogens is 268 g/mol. The monoisotopic (exact) mass is 292 g/mol. The van der Waals surface area contributed by atoms with E-state index in [1.165, 1.54) is 0 Å². The summed E-state index contributed by atoms with van der Waals surface area (Å²) in [6, 6.07) is 7.61. The molecule has 116 valence electrons. The molecule has 21 heavy (non-hydrogen) atoms. The number of rotatable bonds is 7. The van der Waals surface area contributed by atoms with Gasteiger partial charge in [0.1, 0.15) is 5.75 Å². The van der Waals surface area contributed by atoms with Crippen molar-refractivity contribution in [2.45, 2.75) is 37.8 Å². The molecule has 0 saturated heterocycles. The van der Waals surface area contributed by atoms with Crippen LogP contribution in [0.5, 0.6) is 5.75 Å². The maximum atomic E-state index is 11.9. The zero-order valence-electron chi connectivity index (χ0n) is 12.5. The van der Waals surface area contributed by atoms with Crippen LogP contribution in [0.1, 0.15) is 31.2 Å². The van der Waals surface area contributed by atoms with Crippen molar-refractivity contribution >= 4 is 5.91 Å². The molecule has 5 nitrogen and oxygen atoms in total. The zero-order valence-corrected chi connectivity index (χ0v) is 12.5. The molecule has 2 rings (SSSR count). The molecule has 0 aliphatic heterocycles. The Morgan fingerprint density at radius 2 is 1.95 bits per heavy atom. The van der Waals surface area contributed by atoms with Gasteiger partial charge in [0.25, 0.3) is 0 Å². The van der Waals surface area contributed by atoms with Crippen molar-refractivity contribution in [1.29, 1.82) is 0 Å². The van der Waals surface area contributed by atoms with Gasteiger partial charge in [-0.15, -0.1) is 0 Å². The van der Waals surface area contributed by atoms with E-state index in [0.29, 0.717) is 6.54 Å². The van der Waals surface area contributed by atoms with Gasteiger partial charge in [-0.2, -0.15) is 0 Å². The first-order chi connectivity index (χ1) is 10.2. The topological polar surface area (TPSA) is 70.6 Å². The highest BCUT2D eigenvalue weighted by molar-refractivity contribution is 5.78. The Bertz CT molecular complexity index is 453. The van der Waals surface area contributed by atoms with Crippen LogP contribution in [0.2, 0.25) is 0 Å².